The summed E-state index contributed by atoms with van der Waals surface area (Å²) in [5.74, 6) is -1.14. The summed E-state index contributed by atoms with van der Waals surface area (Å²) >= 11 is 1.21. The fraction of sp³-hybridized carbons (Fsp3) is 0.588. The summed E-state index contributed by atoms with van der Waals surface area (Å²) in [4.78, 5) is 24.9. The number of alkyl halides is 3. The first-order valence-electron chi connectivity index (χ1n) is 8.92. The molecule has 1 unspecified atom stereocenters. The minimum Gasteiger partial charge on any atom is -0.340 e. The van der Waals surface area contributed by atoms with E-state index in [0.717, 1.165) is 25.7 Å². The van der Waals surface area contributed by atoms with Gasteiger partial charge < -0.3 is 5.32 Å². The second-order valence-corrected chi connectivity index (χ2v) is 8.35. The van der Waals surface area contributed by atoms with Crippen LogP contribution in [0.25, 0.3) is 5.57 Å². The van der Waals surface area contributed by atoms with Crippen LogP contribution >= 0.6 is 11.9 Å². The maximum absolute atomic E-state index is 13.2. The molecule has 1 aromatic heterocycles. The van der Waals surface area contributed by atoms with Gasteiger partial charge in [-0.05, 0) is 49.6 Å². The van der Waals surface area contributed by atoms with Gasteiger partial charge in [0, 0.05) is 30.0 Å². The zero-order valence-corrected chi connectivity index (χ0v) is 15.2. The van der Waals surface area contributed by atoms with Crippen LogP contribution in [0.2, 0.25) is 0 Å². The fourth-order valence-corrected chi connectivity index (χ4v) is 3.71. The number of halogens is 3. The van der Waals surface area contributed by atoms with Crippen LogP contribution in [0.1, 0.15) is 37.8 Å². The van der Waals surface area contributed by atoms with Crippen LogP contribution in [-0.2, 0) is 16.1 Å². The number of nitrogens with one attached hydrogen (secondary N) is 2. The highest BCUT2D eigenvalue weighted by molar-refractivity contribution is 7.98. The lowest BCUT2D eigenvalue weighted by atomic mass is 9.92. The molecule has 4 rings (SSSR count). The lowest BCUT2D eigenvalue weighted by Crippen LogP contribution is -2.50. The monoisotopic (exact) mass is 400 g/mol. The number of aromatic nitrogens is 2. The topological polar surface area (TPSA) is 76.0 Å². The number of amides is 2. The number of carbonyl (C=O) groups excluding carboxylic acids is 2. The first kappa shape index (κ1) is 18.4. The zero-order valence-electron chi connectivity index (χ0n) is 14.4. The number of carbonyl (C=O) groups is 2. The molecule has 2 saturated carbocycles. The van der Waals surface area contributed by atoms with Crippen molar-refractivity contribution in [3.8, 4) is 0 Å². The molecule has 2 fully saturated rings. The molecule has 0 radical (unpaired) electrons. The van der Waals surface area contributed by atoms with Gasteiger partial charge >= 0.3 is 6.18 Å². The third-order valence-corrected chi connectivity index (χ3v) is 5.91. The number of nitrogens with zero attached hydrogens (tertiary/aromatic N) is 2. The summed E-state index contributed by atoms with van der Waals surface area (Å²) in [5.41, 5.74) is 0.0196. The van der Waals surface area contributed by atoms with E-state index < -0.39 is 30.5 Å². The Morgan fingerprint density at radius 1 is 1.33 bits per heavy atom. The molecule has 6 nitrogen and oxygen atoms in total. The first-order valence-corrected chi connectivity index (χ1v) is 9.80. The molecular weight excluding hydrogens is 381 g/mol. The minimum atomic E-state index is -4.59. The third kappa shape index (κ3) is 4.31. The van der Waals surface area contributed by atoms with Gasteiger partial charge in [-0.1, -0.05) is 0 Å². The third-order valence-electron chi connectivity index (χ3n) is 4.80. The summed E-state index contributed by atoms with van der Waals surface area (Å²) in [7, 11) is 0. The quantitative estimate of drug-likeness (QED) is 0.568. The molecule has 1 atom stereocenters. The first-order chi connectivity index (χ1) is 12.8. The predicted octanol–water partition coefficient (Wildman–Crippen LogP) is 2.42. The number of hydrogen-bond donors (Lipinski definition) is 2. The average molecular weight is 400 g/mol. The van der Waals surface area contributed by atoms with Crippen molar-refractivity contribution in [3.05, 3.63) is 23.5 Å². The van der Waals surface area contributed by atoms with E-state index in [0.29, 0.717) is 17.7 Å². The fourth-order valence-electron chi connectivity index (χ4n) is 2.96. The highest BCUT2D eigenvalue weighted by Crippen LogP contribution is 2.36. The van der Waals surface area contributed by atoms with Gasteiger partial charge in [-0.25, -0.2) is 0 Å². The Kier molecular flexibility index (Phi) is 4.69. The van der Waals surface area contributed by atoms with Crippen LogP contribution in [0, 0.1) is 5.92 Å². The summed E-state index contributed by atoms with van der Waals surface area (Å²) in [6.45, 7) is 0.696. The molecule has 2 amide bonds. The van der Waals surface area contributed by atoms with Gasteiger partial charge in [0.25, 0.3) is 11.8 Å². The highest BCUT2D eigenvalue weighted by Gasteiger charge is 2.46. The Labute approximate surface area is 158 Å². The van der Waals surface area contributed by atoms with E-state index in [9.17, 15) is 22.8 Å². The molecule has 0 aromatic carbocycles. The average Bonchev–Trinajstić information content (AvgIpc) is 3.51. The van der Waals surface area contributed by atoms with Gasteiger partial charge in [0.1, 0.15) is 11.6 Å². The van der Waals surface area contributed by atoms with E-state index >= 15 is 0 Å². The van der Waals surface area contributed by atoms with Gasteiger partial charge in [-0.2, -0.15) is 18.3 Å². The molecular formula is C17H19F3N4O2S. The van der Waals surface area contributed by atoms with Crippen molar-refractivity contribution in [2.45, 2.75) is 56.1 Å². The molecule has 2 aliphatic carbocycles. The summed E-state index contributed by atoms with van der Waals surface area (Å²) < 4.78 is 43.9. The van der Waals surface area contributed by atoms with E-state index in [1.54, 1.807) is 16.9 Å². The van der Waals surface area contributed by atoms with Crippen molar-refractivity contribution in [2.24, 2.45) is 5.92 Å². The van der Waals surface area contributed by atoms with E-state index in [-0.39, 0.29) is 16.8 Å². The van der Waals surface area contributed by atoms with Crippen LogP contribution in [0.5, 0.6) is 0 Å². The van der Waals surface area contributed by atoms with Crippen LogP contribution < -0.4 is 10.0 Å². The molecule has 146 valence electrons. The van der Waals surface area contributed by atoms with Crippen LogP contribution in [0.4, 0.5) is 13.2 Å². The van der Waals surface area contributed by atoms with Crippen LogP contribution in [0.15, 0.2) is 17.8 Å². The molecule has 27 heavy (non-hydrogen) atoms. The van der Waals surface area contributed by atoms with Crippen LogP contribution in [-0.4, -0.2) is 39.1 Å². The molecule has 0 bridgehead atoms. The van der Waals surface area contributed by atoms with E-state index in [1.165, 1.54) is 11.9 Å². The zero-order chi connectivity index (χ0) is 19.2. The molecule has 2 heterocycles. The summed E-state index contributed by atoms with van der Waals surface area (Å²) in [6.07, 6.45) is 0.763. The van der Waals surface area contributed by atoms with Crippen molar-refractivity contribution in [1.29, 1.82) is 0 Å². The van der Waals surface area contributed by atoms with Gasteiger partial charge in [0.05, 0.1) is 5.69 Å². The normalized spacial score (nSPS) is 23.4. The van der Waals surface area contributed by atoms with Gasteiger partial charge in [0.15, 0.2) is 0 Å². The van der Waals surface area contributed by atoms with Crippen molar-refractivity contribution < 1.29 is 22.8 Å². The number of rotatable bonds is 6. The van der Waals surface area contributed by atoms with E-state index in [1.807, 2.05) is 5.32 Å². The molecule has 0 spiro atoms. The smallest absolute Gasteiger partial charge is 0.340 e. The molecule has 3 aliphatic rings. The van der Waals surface area contributed by atoms with Crippen LogP contribution in [0.3, 0.4) is 0 Å². The standard InChI is InChI=1S/C17H19F3N4O2S/c18-17(19,20)13-7-11(12-5-6-24(22-12)8-9-1-2-9)14(15(25)21-13)16(26)23-27-10-3-4-10/h5-6,9-10,13H,1-4,7-8H2,(H,21,25)(H,23,26). The molecule has 2 N–H and O–H groups in total. The Hall–Kier alpha value is -1.97. The SMILES string of the molecule is O=C(NSC1CC1)C1=C(c2ccn(CC3CC3)n2)CC(C(F)(F)F)NC1=O. The minimum absolute atomic E-state index is 0.0459. The van der Waals surface area contributed by atoms with Crippen molar-refractivity contribution in [2.75, 3.05) is 0 Å². The maximum atomic E-state index is 13.2. The van der Waals surface area contributed by atoms with Crippen molar-refractivity contribution in [1.82, 2.24) is 19.8 Å². The highest BCUT2D eigenvalue weighted by atomic mass is 32.2. The molecule has 1 aromatic rings. The summed E-state index contributed by atoms with van der Waals surface area (Å²) in [5, 5.41) is 6.55. The Morgan fingerprint density at radius 3 is 2.70 bits per heavy atom. The molecule has 1 aliphatic heterocycles. The van der Waals surface area contributed by atoms with Crippen molar-refractivity contribution in [3.63, 3.8) is 0 Å². The predicted molar refractivity (Wildman–Crippen MR) is 93.2 cm³/mol. The molecule has 0 saturated heterocycles. The Balaban J connectivity index is 1.63. The lowest BCUT2D eigenvalue weighted by molar-refractivity contribution is -0.160. The van der Waals surface area contributed by atoms with Gasteiger partial charge in [0.2, 0.25) is 0 Å². The van der Waals surface area contributed by atoms with Gasteiger partial charge in [-0.15, -0.1) is 0 Å². The second kappa shape index (κ2) is 6.88. The molecule has 10 heteroatoms. The van der Waals surface area contributed by atoms with E-state index in [4.69, 9.17) is 0 Å². The van der Waals surface area contributed by atoms with E-state index in [2.05, 4.69) is 9.82 Å². The number of hydrogen-bond acceptors (Lipinski definition) is 4. The van der Waals surface area contributed by atoms with Crippen molar-refractivity contribution >= 4 is 29.3 Å². The second-order valence-electron chi connectivity index (χ2n) is 7.24. The lowest BCUT2D eigenvalue weighted by Gasteiger charge is -2.28. The largest absolute Gasteiger partial charge is 0.408 e. The maximum Gasteiger partial charge on any atom is 0.408 e. The van der Waals surface area contributed by atoms with Gasteiger partial charge in [-0.3, -0.25) is 19.0 Å². The Bertz CT molecular complexity index is 796. The Morgan fingerprint density at radius 2 is 2.07 bits per heavy atom. The summed E-state index contributed by atoms with van der Waals surface area (Å²) in [6, 6.07) is -0.452.